The first kappa shape index (κ1) is 60.4. The first-order chi connectivity index (χ1) is 35.2. The number of piperidine rings is 1. The van der Waals surface area contributed by atoms with Gasteiger partial charge >= 0.3 is 0 Å². The molecule has 0 atom stereocenters. The standard InChI is InChI=1S/C50H76N11O13/c1-49(2)27-37(28-50(3,4)61(49)69)60(35-45(67)58(19-24-73-8)33-44(66)57(18-23-72-7)32-42(64)55(16-21-70-5)30-40(51)62)46(68)34-59(20-25-74-9)43(65)31-56(17-22-71-6)41(63)29-54-39-26-36-12-10-14-52-47(36)48-38(39)13-11-15-53-48/h10-15,26,37,54H,16-25,27-35H2,1-9H3,(H2,51,62). The van der Waals surface area contributed by atoms with Gasteiger partial charge in [-0.05, 0) is 64.8 Å². The number of carbonyl (C=O) groups excluding carboxylic acids is 7. The van der Waals surface area contributed by atoms with E-state index in [0.29, 0.717) is 16.7 Å². The average Bonchev–Trinajstić information content (AvgIpc) is 3.36. The average molecular weight is 1040 g/mol. The number of nitrogens with zero attached hydrogens (tertiary/aromatic N) is 9. The SMILES string of the molecule is COCCN(CC(N)=O)C(=O)CN(CCOC)C(=O)CN(CCOC)C(=O)CN(C(=O)CN(CCOC)C(=O)CN(CCOC)C(=O)CNc1cc2cccnc2c2ncccc12)C1CC(C)(C)N([O])C(C)(C)C1. The number of hydrogen-bond acceptors (Lipinski definition) is 16. The van der Waals surface area contributed by atoms with E-state index in [1.807, 2.05) is 24.3 Å². The second-order valence-electron chi connectivity index (χ2n) is 19.3. The number of aromatic nitrogens is 2. The van der Waals surface area contributed by atoms with Crippen LogP contribution in [0.5, 0.6) is 0 Å². The molecular weight excluding hydrogens is 963 g/mol. The van der Waals surface area contributed by atoms with Crippen molar-refractivity contribution in [3.05, 3.63) is 42.7 Å². The number of nitrogens with two attached hydrogens (primary N) is 1. The normalized spacial score (nSPS) is 14.4. The summed E-state index contributed by atoms with van der Waals surface area (Å²) >= 11 is 0. The molecular formula is C50H76N11O13. The molecule has 3 N–H and O–H groups in total. The summed E-state index contributed by atoms with van der Waals surface area (Å²) in [6, 6.07) is 8.55. The van der Waals surface area contributed by atoms with Crippen LogP contribution in [0.15, 0.2) is 42.7 Å². The van der Waals surface area contributed by atoms with Crippen LogP contribution in [0.3, 0.4) is 0 Å². The van der Waals surface area contributed by atoms with Crippen LogP contribution >= 0.6 is 0 Å². The van der Waals surface area contributed by atoms with Crippen molar-refractivity contribution in [2.75, 3.05) is 152 Å². The first-order valence-electron chi connectivity index (χ1n) is 24.5. The van der Waals surface area contributed by atoms with Crippen molar-refractivity contribution in [1.82, 2.24) is 44.4 Å². The second-order valence-corrected chi connectivity index (χ2v) is 19.3. The van der Waals surface area contributed by atoms with E-state index in [0.717, 1.165) is 15.8 Å². The molecule has 0 unspecified atom stereocenters. The molecule has 1 aliphatic heterocycles. The predicted octanol–water partition coefficient (Wildman–Crippen LogP) is 0.251. The third-order valence-corrected chi connectivity index (χ3v) is 12.8. The smallest absolute Gasteiger partial charge is 0.242 e. The lowest BCUT2D eigenvalue weighted by atomic mass is 9.78. The maximum atomic E-state index is 14.9. The summed E-state index contributed by atoms with van der Waals surface area (Å²) in [5, 5.41) is 19.4. The number of rotatable bonds is 31. The summed E-state index contributed by atoms with van der Waals surface area (Å²) < 4.78 is 26.3. The Hall–Kier alpha value is -6.15. The molecule has 0 spiro atoms. The third-order valence-electron chi connectivity index (χ3n) is 12.8. The predicted molar refractivity (Wildman–Crippen MR) is 272 cm³/mol. The fourth-order valence-corrected chi connectivity index (χ4v) is 9.00. The number of anilines is 1. The highest BCUT2D eigenvalue weighted by molar-refractivity contribution is 6.09. The number of primary amides is 1. The van der Waals surface area contributed by atoms with Gasteiger partial charge in [0.1, 0.15) is 6.54 Å². The van der Waals surface area contributed by atoms with Crippen LogP contribution in [0.1, 0.15) is 40.5 Å². The Bertz CT molecular complexity index is 2360. The molecule has 24 heteroatoms. The lowest BCUT2D eigenvalue weighted by Crippen LogP contribution is -2.64. The van der Waals surface area contributed by atoms with Crippen molar-refractivity contribution in [3.8, 4) is 0 Å². The number of ether oxygens (including phenoxy) is 5. The lowest BCUT2D eigenvalue weighted by molar-refractivity contribution is -0.293. The van der Waals surface area contributed by atoms with E-state index in [1.54, 1.807) is 46.2 Å². The van der Waals surface area contributed by atoms with Crippen LogP contribution in [0.4, 0.5) is 5.69 Å². The van der Waals surface area contributed by atoms with E-state index in [1.165, 1.54) is 64.9 Å². The van der Waals surface area contributed by atoms with E-state index >= 15 is 0 Å². The Morgan fingerprint density at radius 2 is 0.973 bits per heavy atom. The summed E-state index contributed by atoms with van der Waals surface area (Å²) in [4.78, 5) is 114. The highest BCUT2D eigenvalue weighted by Gasteiger charge is 2.49. The number of hydrogen-bond donors (Lipinski definition) is 2. The van der Waals surface area contributed by atoms with Gasteiger partial charge in [0.15, 0.2) is 0 Å². The Balaban J connectivity index is 1.62. The zero-order chi connectivity index (χ0) is 54.6. The van der Waals surface area contributed by atoms with Crippen LogP contribution in [-0.4, -0.2) is 250 Å². The molecule has 0 aliphatic carbocycles. The fraction of sp³-hybridized carbons (Fsp3) is 0.620. The van der Waals surface area contributed by atoms with Gasteiger partial charge in [0.05, 0.1) is 83.3 Å². The van der Waals surface area contributed by atoms with Crippen LogP contribution in [0.25, 0.3) is 21.8 Å². The van der Waals surface area contributed by atoms with Gasteiger partial charge in [-0.3, -0.25) is 43.5 Å². The third kappa shape index (κ3) is 17.2. The monoisotopic (exact) mass is 1040 g/mol. The van der Waals surface area contributed by atoms with Crippen LogP contribution in [0, 0.1) is 0 Å². The zero-order valence-electron chi connectivity index (χ0n) is 44.5. The minimum atomic E-state index is -0.992. The van der Waals surface area contributed by atoms with Crippen LogP contribution in [-0.2, 0) is 62.5 Å². The van der Waals surface area contributed by atoms with Gasteiger partial charge < -0.3 is 64.1 Å². The Labute approximate surface area is 433 Å². The summed E-state index contributed by atoms with van der Waals surface area (Å²) in [6.45, 7) is 4.05. The van der Waals surface area contributed by atoms with Gasteiger partial charge in [0.2, 0.25) is 41.4 Å². The van der Waals surface area contributed by atoms with Crippen LogP contribution in [0.2, 0.25) is 0 Å². The number of methoxy groups -OCH3 is 5. The molecule has 3 aromatic rings. The molecule has 3 heterocycles. The number of carbonyl (C=O) groups is 7. The highest BCUT2D eigenvalue weighted by Crippen LogP contribution is 2.39. The molecule has 4 rings (SSSR count). The van der Waals surface area contributed by atoms with Gasteiger partial charge in [-0.2, -0.15) is 0 Å². The molecule has 1 aromatic carbocycles. The first-order valence-corrected chi connectivity index (χ1v) is 24.5. The molecule has 2 aromatic heterocycles. The van der Waals surface area contributed by atoms with E-state index in [4.69, 9.17) is 29.4 Å². The summed E-state index contributed by atoms with van der Waals surface area (Å²) in [5.41, 5.74) is 5.43. The largest absolute Gasteiger partial charge is 0.383 e. The molecule has 7 amide bonds. The van der Waals surface area contributed by atoms with Crippen molar-refractivity contribution < 1.29 is 62.5 Å². The highest BCUT2D eigenvalue weighted by atomic mass is 16.5. The molecule has 0 bridgehead atoms. The van der Waals surface area contributed by atoms with Gasteiger partial charge in [-0.15, -0.1) is 10.3 Å². The van der Waals surface area contributed by atoms with Gasteiger partial charge in [0, 0.05) is 114 Å². The number of pyridine rings is 2. The Kier molecular flexibility index (Phi) is 23.7. The van der Waals surface area contributed by atoms with E-state index < -0.39 is 97.7 Å². The molecule has 0 saturated carbocycles. The molecule has 74 heavy (non-hydrogen) atoms. The summed E-state index contributed by atoms with van der Waals surface area (Å²) in [5.74, 6) is -4.27. The van der Waals surface area contributed by atoms with Gasteiger partial charge in [-0.25, -0.2) is 0 Å². The fourth-order valence-electron chi connectivity index (χ4n) is 9.00. The van der Waals surface area contributed by atoms with Crippen molar-refractivity contribution >= 4 is 68.8 Å². The molecule has 1 saturated heterocycles. The van der Waals surface area contributed by atoms with Gasteiger partial charge in [0.25, 0.3) is 0 Å². The Morgan fingerprint density at radius 1 is 0.581 bits per heavy atom. The molecule has 1 fully saturated rings. The van der Waals surface area contributed by atoms with E-state index in [9.17, 15) is 38.8 Å². The van der Waals surface area contributed by atoms with Gasteiger partial charge in [-0.1, -0.05) is 6.07 Å². The van der Waals surface area contributed by atoms with E-state index in [-0.39, 0.29) is 85.1 Å². The lowest BCUT2D eigenvalue weighted by Gasteiger charge is -2.52. The summed E-state index contributed by atoms with van der Waals surface area (Å²) in [6.07, 6.45) is 3.67. The molecule has 24 nitrogen and oxygen atoms in total. The zero-order valence-corrected chi connectivity index (χ0v) is 44.5. The van der Waals surface area contributed by atoms with Crippen molar-refractivity contribution in [2.24, 2.45) is 5.73 Å². The van der Waals surface area contributed by atoms with Crippen molar-refractivity contribution in [2.45, 2.75) is 57.7 Å². The minimum absolute atomic E-state index is 0.00263. The van der Waals surface area contributed by atoms with Crippen LogP contribution < -0.4 is 11.1 Å². The van der Waals surface area contributed by atoms with Crippen molar-refractivity contribution in [3.63, 3.8) is 0 Å². The van der Waals surface area contributed by atoms with E-state index in [2.05, 4.69) is 15.3 Å². The number of fused-ring (bicyclic) bond motifs is 3. The number of amides is 7. The minimum Gasteiger partial charge on any atom is -0.383 e. The quantitative estimate of drug-likeness (QED) is 0.0818. The topological polar surface area (TPSA) is 272 Å². The number of nitrogens with one attached hydrogen (secondary N) is 1. The van der Waals surface area contributed by atoms with Crippen molar-refractivity contribution in [1.29, 1.82) is 0 Å². The Morgan fingerprint density at radius 3 is 1.42 bits per heavy atom. The molecule has 409 valence electrons. The second kappa shape index (κ2) is 29.1. The molecule has 1 radical (unpaired) electrons. The number of hydroxylamine groups is 2. The maximum Gasteiger partial charge on any atom is 0.242 e. The maximum absolute atomic E-state index is 14.9. The molecule has 1 aliphatic rings. The summed E-state index contributed by atoms with van der Waals surface area (Å²) in [7, 11) is 7.20. The number of benzene rings is 1.